The maximum Gasteiger partial charge on any atom is 2.00 e. The van der Waals surface area contributed by atoms with Crippen molar-refractivity contribution in [2.75, 3.05) is 11.5 Å². The Bertz CT molecular complexity index is 693. The standard InChI is InChI=1S/C18H20S2Si.2ClH.Zr/c1-11-5-13-7-19-9-15(13)17(11)21(3,4)18-12(2)6-14-8-20-10-16(14)18;;;/h5-6,9-10H,7-8H2,1-4H3;2*1H;/q;;;+2/p-2. The van der Waals surface area contributed by atoms with Gasteiger partial charge >= 0.3 is 26.2 Å². The fourth-order valence-corrected chi connectivity index (χ4v) is 10.6. The van der Waals surface area contributed by atoms with Gasteiger partial charge in [0.25, 0.3) is 0 Å². The molecule has 4 rings (SSSR count). The number of hydrogen-bond acceptors (Lipinski definition) is 2. The molecule has 0 bridgehead atoms. The van der Waals surface area contributed by atoms with Crippen LogP contribution in [0.3, 0.4) is 0 Å². The molecule has 126 valence electrons. The van der Waals surface area contributed by atoms with Gasteiger partial charge in [0, 0.05) is 11.5 Å². The molecule has 6 heteroatoms. The van der Waals surface area contributed by atoms with Gasteiger partial charge in [0.15, 0.2) is 0 Å². The molecular formula is C18H20Cl2S2SiZr. The quantitative estimate of drug-likeness (QED) is 0.481. The summed E-state index contributed by atoms with van der Waals surface area (Å²) in [5.74, 6) is 2.33. The Balaban J connectivity index is 0.000000960. The van der Waals surface area contributed by atoms with Gasteiger partial charge in [-0.3, -0.25) is 0 Å². The minimum Gasteiger partial charge on any atom is -1.00 e. The predicted molar refractivity (Wildman–Crippen MR) is 100 cm³/mol. The van der Waals surface area contributed by atoms with E-state index in [1.807, 2.05) is 23.5 Å². The van der Waals surface area contributed by atoms with Gasteiger partial charge in [0.2, 0.25) is 0 Å². The molecule has 0 atom stereocenters. The van der Waals surface area contributed by atoms with Gasteiger partial charge in [-0.1, -0.05) is 36.4 Å². The van der Waals surface area contributed by atoms with Crippen molar-refractivity contribution in [1.29, 1.82) is 0 Å². The van der Waals surface area contributed by atoms with Crippen LogP contribution in [0, 0.1) is 0 Å². The van der Waals surface area contributed by atoms with Crippen molar-refractivity contribution in [3.63, 3.8) is 0 Å². The largest absolute Gasteiger partial charge is 2.00 e. The Morgan fingerprint density at radius 2 is 1.17 bits per heavy atom. The van der Waals surface area contributed by atoms with Crippen LogP contribution in [0.25, 0.3) is 0 Å². The van der Waals surface area contributed by atoms with Gasteiger partial charge in [-0.25, -0.2) is 0 Å². The maximum atomic E-state index is 2.55. The zero-order chi connectivity index (χ0) is 14.8. The first-order valence-corrected chi connectivity index (χ1v) is 12.6. The second kappa shape index (κ2) is 8.23. The molecule has 4 aliphatic rings. The van der Waals surface area contributed by atoms with E-state index in [2.05, 4.69) is 49.9 Å². The van der Waals surface area contributed by atoms with E-state index < -0.39 is 8.07 Å². The second-order valence-corrected chi connectivity index (χ2v) is 12.7. The van der Waals surface area contributed by atoms with Crippen LogP contribution in [-0.4, -0.2) is 19.6 Å². The van der Waals surface area contributed by atoms with Gasteiger partial charge in [0.1, 0.15) is 8.07 Å². The maximum absolute atomic E-state index is 2.55. The normalized spacial score (nSPS) is 21.2. The van der Waals surface area contributed by atoms with Crippen LogP contribution >= 0.6 is 23.5 Å². The molecule has 0 unspecified atom stereocenters. The topological polar surface area (TPSA) is 0 Å². The first kappa shape index (κ1) is 22.9. The van der Waals surface area contributed by atoms with E-state index in [0.717, 1.165) is 0 Å². The fraction of sp³-hybridized carbons (Fsp3) is 0.333. The summed E-state index contributed by atoms with van der Waals surface area (Å²) in [4.78, 5) is 0. The summed E-state index contributed by atoms with van der Waals surface area (Å²) in [5, 5.41) is 8.18. The molecule has 0 spiro atoms. The van der Waals surface area contributed by atoms with E-state index in [1.165, 1.54) is 22.7 Å². The number of fused-ring (bicyclic) bond motifs is 2. The van der Waals surface area contributed by atoms with Crippen molar-refractivity contribution in [3.8, 4) is 0 Å². The summed E-state index contributed by atoms with van der Waals surface area (Å²) in [7, 11) is -1.64. The molecule has 0 radical (unpaired) electrons. The molecule has 0 aromatic heterocycles. The average molecular weight is 491 g/mol. The molecular weight excluding hydrogens is 471 g/mol. The summed E-state index contributed by atoms with van der Waals surface area (Å²) in [6.45, 7) is 9.73. The molecule has 0 saturated heterocycles. The van der Waals surface area contributed by atoms with Crippen molar-refractivity contribution in [1.82, 2.24) is 0 Å². The number of halogens is 2. The predicted octanol–water partition coefficient (Wildman–Crippen LogP) is -0.447. The summed E-state index contributed by atoms with van der Waals surface area (Å²) in [5.41, 5.74) is 9.30. The van der Waals surface area contributed by atoms with Crippen LogP contribution in [0.15, 0.2) is 66.8 Å². The van der Waals surface area contributed by atoms with Crippen LogP contribution < -0.4 is 24.8 Å². The molecule has 24 heavy (non-hydrogen) atoms. The number of rotatable bonds is 2. The summed E-state index contributed by atoms with van der Waals surface area (Å²) >= 11 is 3.92. The fourth-order valence-electron chi connectivity index (χ4n) is 4.29. The summed E-state index contributed by atoms with van der Waals surface area (Å²) < 4.78 is 0. The van der Waals surface area contributed by atoms with Gasteiger partial charge in [-0.2, -0.15) is 0 Å². The third-order valence-corrected chi connectivity index (χ3v) is 10.5. The van der Waals surface area contributed by atoms with Crippen molar-refractivity contribution in [2.24, 2.45) is 0 Å². The van der Waals surface area contributed by atoms with Crippen molar-refractivity contribution in [3.05, 3.63) is 66.8 Å². The number of thioether (sulfide) groups is 2. The van der Waals surface area contributed by atoms with Crippen LogP contribution in [0.5, 0.6) is 0 Å². The van der Waals surface area contributed by atoms with E-state index >= 15 is 0 Å². The number of hydrogen-bond donors (Lipinski definition) is 0. The Kier molecular flexibility index (Phi) is 7.84. The third-order valence-electron chi connectivity index (χ3n) is 4.93. The first-order chi connectivity index (χ1) is 10.00. The zero-order valence-electron chi connectivity index (χ0n) is 14.3. The molecule has 0 saturated carbocycles. The van der Waals surface area contributed by atoms with Crippen molar-refractivity contribution in [2.45, 2.75) is 26.9 Å². The van der Waals surface area contributed by atoms with Gasteiger partial charge in [-0.05, 0) is 57.3 Å². The Labute approximate surface area is 186 Å². The minimum absolute atomic E-state index is 0. The molecule has 0 amide bonds. The zero-order valence-corrected chi connectivity index (χ0v) is 20.9. The molecule has 0 fully saturated rings. The molecule has 2 aliphatic heterocycles. The van der Waals surface area contributed by atoms with Crippen LogP contribution in [-0.2, 0) is 26.2 Å². The average Bonchev–Trinajstić information content (AvgIpc) is 3.07. The Hall–Kier alpha value is 0.820. The molecule has 0 N–H and O–H groups in total. The number of allylic oxidation sites excluding steroid dienone is 8. The Morgan fingerprint density at radius 3 is 1.54 bits per heavy atom. The molecule has 0 aromatic carbocycles. The Morgan fingerprint density at radius 1 is 0.792 bits per heavy atom. The summed E-state index contributed by atoms with van der Waals surface area (Å²) in [6.07, 6.45) is 4.87. The third kappa shape index (κ3) is 3.37. The van der Waals surface area contributed by atoms with E-state index in [-0.39, 0.29) is 51.0 Å². The summed E-state index contributed by atoms with van der Waals surface area (Å²) in [6, 6.07) is 0. The molecule has 2 aliphatic carbocycles. The van der Waals surface area contributed by atoms with E-state index in [4.69, 9.17) is 0 Å². The van der Waals surface area contributed by atoms with Crippen LogP contribution in [0.4, 0.5) is 0 Å². The van der Waals surface area contributed by atoms with Crippen LogP contribution in [0.2, 0.25) is 13.1 Å². The van der Waals surface area contributed by atoms with Gasteiger partial charge in [0.05, 0.1) is 0 Å². The van der Waals surface area contributed by atoms with Crippen LogP contribution in [0.1, 0.15) is 13.8 Å². The van der Waals surface area contributed by atoms with E-state index in [0.29, 0.717) is 0 Å². The first-order valence-electron chi connectivity index (χ1n) is 7.49. The monoisotopic (exact) mass is 488 g/mol. The van der Waals surface area contributed by atoms with Crippen molar-refractivity contribution < 1.29 is 51.0 Å². The van der Waals surface area contributed by atoms with E-state index in [9.17, 15) is 0 Å². The molecule has 0 nitrogen and oxygen atoms in total. The smallest absolute Gasteiger partial charge is 1.00 e. The van der Waals surface area contributed by atoms with E-state index in [1.54, 1.807) is 32.7 Å². The van der Waals surface area contributed by atoms with Gasteiger partial charge < -0.3 is 24.8 Å². The molecule has 2 heterocycles. The minimum atomic E-state index is -1.64. The second-order valence-electron chi connectivity index (χ2n) is 6.77. The SMILES string of the molecule is CC1=C([Si](C)(C)C2=C(C)C=C3CSC=C32)C2=CSCC2=C1.[Cl-].[Cl-].[Zr+2]. The molecule has 0 aromatic rings. The van der Waals surface area contributed by atoms with Crippen molar-refractivity contribution >= 4 is 31.6 Å². The van der Waals surface area contributed by atoms with Gasteiger partial charge in [-0.15, -0.1) is 23.5 Å².